The van der Waals surface area contributed by atoms with E-state index in [0.717, 1.165) is 50.6 Å². The van der Waals surface area contributed by atoms with E-state index in [2.05, 4.69) is 0 Å². The number of carboxylic acid groups (broad SMARTS) is 1. The second-order valence-corrected chi connectivity index (χ2v) is 7.61. The standard InChI is InChI=1S/C22H33NO4/c24-20(17-18-9-4-3-5-10-18)15-14-19-11-8-12-21(25)23(19)16-7-2-1-6-13-22(26)27/h3-5,9-10,19-20,24H,1-2,6-8,11-17H2,(H,26,27)/t19-,20?/m1/s1. The molecule has 0 bridgehead atoms. The number of unbranched alkanes of at least 4 members (excludes halogenated alkanes) is 3. The Labute approximate surface area is 162 Å². The molecule has 1 aliphatic heterocycles. The van der Waals surface area contributed by atoms with Crippen molar-refractivity contribution in [2.45, 2.75) is 82.8 Å². The average molecular weight is 376 g/mol. The number of carboxylic acids is 1. The lowest BCUT2D eigenvalue weighted by Gasteiger charge is -2.36. The molecular formula is C22H33NO4. The minimum atomic E-state index is -0.740. The molecule has 1 saturated heterocycles. The molecular weight excluding hydrogens is 342 g/mol. The zero-order valence-electron chi connectivity index (χ0n) is 16.2. The Morgan fingerprint density at radius 3 is 2.63 bits per heavy atom. The first-order valence-electron chi connectivity index (χ1n) is 10.3. The van der Waals surface area contributed by atoms with Crippen LogP contribution in [0.25, 0.3) is 0 Å². The topological polar surface area (TPSA) is 77.8 Å². The fourth-order valence-corrected chi connectivity index (χ4v) is 3.88. The third-order valence-electron chi connectivity index (χ3n) is 5.38. The third kappa shape index (κ3) is 8.12. The molecule has 2 rings (SSSR count). The first-order valence-corrected chi connectivity index (χ1v) is 10.3. The summed E-state index contributed by atoms with van der Waals surface area (Å²) in [7, 11) is 0. The van der Waals surface area contributed by atoms with E-state index in [4.69, 9.17) is 5.11 Å². The van der Waals surface area contributed by atoms with Crippen molar-refractivity contribution in [3.8, 4) is 0 Å². The molecule has 5 heteroatoms. The van der Waals surface area contributed by atoms with Crippen LogP contribution in [0.5, 0.6) is 0 Å². The van der Waals surface area contributed by atoms with Crippen LogP contribution < -0.4 is 0 Å². The molecule has 150 valence electrons. The van der Waals surface area contributed by atoms with Crippen LogP contribution in [0.4, 0.5) is 0 Å². The quantitative estimate of drug-likeness (QED) is 0.545. The summed E-state index contributed by atoms with van der Waals surface area (Å²) in [5.74, 6) is -0.510. The zero-order chi connectivity index (χ0) is 19.5. The van der Waals surface area contributed by atoms with E-state index in [9.17, 15) is 14.7 Å². The van der Waals surface area contributed by atoms with Crippen LogP contribution in [0.1, 0.15) is 69.8 Å². The predicted octanol–water partition coefficient (Wildman–Crippen LogP) is 3.79. The largest absolute Gasteiger partial charge is 0.481 e. The van der Waals surface area contributed by atoms with Gasteiger partial charge in [0.15, 0.2) is 0 Å². The average Bonchev–Trinajstić information content (AvgIpc) is 2.65. The van der Waals surface area contributed by atoms with Gasteiger partial charge in [0, 0.05) is 25.4 Å². The summed E-state index contributed by atoms with van der Waals surface area (Å²) in [6.07, 6.45) is 8.14. The van der Waals surface area contributed by atoms with E-state index in [1.807, 2.05) is 35.2 Å². The molecule has 0 radical (unpaired) electrons. The molecule has 1 amide bonds. The van der Waals surface area contributed by atoms with Crippen LogP contribution in [0.15, 0.2) is 30.3 Å². The number of rotatable bonds is 12. The highest BCUT2D eigenvalue weighted by atomic mass is 16.4. The van der Waals surface area contributed by atoms with Gasteiger partial charge in [0.1, 0.15) is 0 Å². The van der Waals surface area contributed by atoms with Crippen LogP contribution in [0, 0.1) is 0 Å². The van der Waals surface area contributed by atoms with E-state index in [1.54, 1.807) is 0 Å². The molecule has 0 spiro atoms. The molecule has 5 nitrogen and oxygen atoms in total. The van der Waals surface area contributed by atoms with Gasteiger partial charge in [0.05, 0.1) is 6.10 Å². The summed E-state index contributed by atoms with van der Waals surface area (Å²) >= 11 is 0. The second-order valence-electron chi connectivity index (χ2n) is 7.61. The summed E-state index contributed by atoms with van der Waals surface area (Å²) in [5.41, 5.74) is 1.14. The number of carbonyl (C=O) groups is 2. The molecule has 1 aromatic rings. The van der Waals surface area contributed by atoms with Gasteiger partial charge >= 0.3 is 5.97 Å². The van der Waals surface area contributed by atoms with Gasteiger partial charge in [-0.2, -0.15) is 0 Å². The molecule has 1 unspecified atom stereocenters. The van der Waals surface area contributed by atoms with Crippen LogP contribution in [-0.2, 0) is 16.0 Å². The molecule has 1 fully saturated rings. The third-order valence-corrected chi connectivity index (χ3v) is 5.38. The number of aliphatic hydroxyl groups is 1. The molecule has 1 aliphatic rings. The highest BCUT2D eigenvalue weighted by Gasteiger charge is 2.27. The zero-order valence-corrected chi connectivity index (χ0v) is 16.2. The summed E-state index contributed by atoms with van der Waals surface area (Å²) in [6, 6.07) is 10.2. The van der Waals surface area contributed by atoms with Crippen molar-refractivity contribution in [1.29, 1.82) is 0 Å². The number of nitrogens with zero attached hydrogens (tertiary/aromatic N) is 1. The van der Waals surface area contributed by atoms with E-state index in [-0.39, 0.29) is 24.5 Å². The minimum Gasteiger partial charge on any atom is -0.481 e. The Hall–Kier alpha value is -1.88. The van der Waals surface area contributed by atoms with E-state index in [0.29, 0.717) is 25.7 Å². The number of piperidine rings is 1. The number of aliphatic hydroxyl groups excluding tert-OH is 1. The highest BCUT2D eigenvalue weighted by Crippen LogP contribution is 2.24. The summed E-state index contributed by atoms with van der Waals surface area (Å²) in [5, 5.41) is 19.0. The van der Waals surface area contributed by atoms with Crippen molar-refractivity contribution < 1.29 is 19.8 Å². The van der Waals surface area contributed by atoms with E-state index < -0.39 is 5.97 Å². The van der Waals surface area contributed by atoms with Crippen LogP contribution >= 0.6 is 0 Å². The number of amides is 1. The molecule has 0 aliphatic carbocycles. The monoisotopic (exact) mass is 375 g/mol. The minimum absolute atomic E-state index is 0.227. The number of hydrogen-bond donors (Lipinski definition) is 2. The number of carbonyl (C=O) groups excluding carboxylic acids is 1. The maximum absolute atomic E-state index is 12.3. The lowest BCUT2D eigenvalue weighted by atomic mass is 9.94. The number of hydrogen-bond acceptors (Lipinski definition) is 3. The second kappa shape index (κ2) is 11.8. The molecule has 27 heavy (non-hydrogen) atoms. The smallest absolute Gasteiger partial charge is 0.303 e. The van der Waals surface area contributed by atoms with E-state index in [1.165, 1.54) is 0 Å². The maximum Gasteiger partial charge on any atom is 0.303 e. The lowest BCUT2D eigenvalue weighted by molar-refractivity contribution is -0.137. The summed E-state index contributed by atoms with van der Waals surface area (Å²) < 4.78 is 0. The van der Waals surface area contributed by atoms with Crippen LogP contribution in [0.2, 0.25) is 0 Å². The first kappa shape index (κ1) is 21.4. The normalized spacial score (nSPS) is 18.5. The van der Waals surface area contributed by atoms with E-state index >= 15 is 0 Å². The van der Waals surface area contributed by atoms with Gasteiger partial charge in [-0.25, -0.2) is 0 Å². The fraction of sp³-hybridized carbons (Fsp3) is 0.636. The van der Waals surface area contributed by atoms with Crippen molar-refractivity contribution >= 4 is 11.9 Å². The van der Waals surface area contributed by atoms with Crippen LogP contribution in [-0.4, -0.2) is 45.7 Å². The number of benzene rings is 1. The Balaban J connectivity index is 1.72. The van der Waals surface area contributed by atoms with Crippen molar-refractivity contribution in [3.63, 3.8) is 0 Å². The SMILES string of the molecule is O=C(O)CCCCCCN1C(=O)CCC[C@@H]1CCC(O)Cc1ccccc1. The highest BCUT2D eigenvalue weighted by molar-refractivity contribution is 5.77. The fourth-order valence-electron chi connectivity index (χ4n) is 3.88. The Morgan fingerprint density at radius 2 is 1.89 bits per heavy atom. The summed E-state index contributed by atoms with van der Waals surface area (Å²) in [4.78, 5) is 24.9. The van der Waals surface area contributed by atoms with Gasteiger partial charge in [-0.1, -0.05) is 43.2 Å². The first-order chi connectivity index (χ1) is 13.1. The van der Waals surface area contributed by atoms with Gasteiger partial charge in [-0.15, -0.1) is 0 Å². The van der Waals surface area contributed by atoms with Crippen LogP contribution in [0.3, 0.4) is 0 Å². The van der Waals surface area contributed by atoms with Gasteiger partial charge in [-0.05, 0) is 50.5 Å². The molecule has 2 N–H and O–H groups in total. The molecule has 1 aromatic carbocycles. The Morgan fingerprint density at radius 1 is 1.15 bits per heavy atom. The van der Waals surface area contributed by atoms with Crippen molar-refractivity contribution in [3.05, 3.63) is 35.9 Å². The lowest BCUT2D eigenvalue weighted by Crippen LogP contribution is -2.44. The van der Waals surface area contributed by atoms with Crippen molar-refractivity contribution in [1.82, 2.24) is 4.90 Å². The Bertz CT molecular complexity index is 575. The number of likely N-dealkylation sites (tertiary alicyclic amines) is 1. The van der Waals surface area contributed by atoms with Gasteiger partial charge in [0.25, 0.3) is 0 Å². The molecule has 2 atom stereocenters. The van der Waals surface area contributed by atoms with Crippen molar-refractivity contribution in [2.75, 3.05) is 6.54 Å². The molecule has 0 saturated carbocycles. The molecule has 0 aromatic heterocycles. The predicted molar refractivity (Wildman–Crippen MR) is 105 cm³/mol. The number of aliphatic carboxylic acids is 1. The van der Waals surface area contributed by atoms with Crippen molar-refractivity contribution in [2.24, 2.45) is 0 Å². The van der Waals surface area contributed by atoms with Gasteiger partial charge < -0.3 is 15.1 Å². The van der Waals surface area contributed by atoms with Gasteiger partial charge in [0.2, 0.25) is 5.91 Å². The summed E-state index contributed by atoms with van der Waals surface area (Å²) in [6.45, 7) is 0.755. The molecule has 1 heterocycles. The van der Waals surface area contributed by atoms with Gasteiger partial charge in [-0.3, -0.25) is 9.59 Å². The maximum atomic E-state index is 12.3. The Kier molecular flexibility index (Phi) is 9.32.